The number of hydrogen-bond acceptors (Lipinski definition) is 6. The van der Waals surface area contributed by atoms with E-state index in [0.717, 1.165) is 12.8 Å². The van der Waals surface area contributed by atoms with Gasteiger partial charge in [-0.15, -0.1) is 0 Å². The highest BCUT2D eigenvalue weighted by molar-refractivity contribution is 5.82. The fourth-order valence-electron chi connectivity index (χ4n) is 3.49. The minimum absolute atomic E-state index is 0.00349. The van der Waals surface area contributed by atoms with Crippen molar-refractivity contribution in [3.8, 4) is 0 Å². The molecule has 0 aromatic carbocycles. The molecule has 0 spiro atoms. The summed E-state index contributed by atoms with van der Waals surface area (Å²) in [6.07, 6.45) is 1.32. The summed E-state index contributed by atoms with van der Waals surface area (Å²) < 4.78 is 6.80. The van der Waals surface area contributed by atoms with E-state index < -0.39 is 4.92 Å². The molecule has 0 radical (unpaired) electrons. The largest absolute Gasteiger partial charge is 0.368 e. The lowest BCUT2D eigenvalue weighted by Crippen LogP contribution is -2.53. The van der Waals surface area contributed by atoms with Crippen LogP contribution in [0.25, 0.3) is 0 Å². The van der Waals surface area contributed by atoms with Gasteiger partial charge in [-0.1, -0.05) is 0 Å². The van der Waals surface area contributed by atoms with Crippen LogP contribution in [0, 0.1) is 24.0 Å². The maximum absolute atomic E-state index is 12.5. The highest BCUT2D eigenvalue weighted by atomic mass is 16.6. The second kappa shape index (κ2) is 7.40. The average molecular weight is 365 g/mol. The first-order valence-corrected chi connectivity index (χ1v) is 8.75. The van der Waals surface area contributed by atoms with Crippen LogP contribution < -0.4 is 0 Å². The number of carbonyl (C=O) groups excluding carboxylic acids is 2. The normalized spacial score (nSPS) is 20.5. The highest BCUT2D eigenvalue weighted by Gasteiger charge is 2.32. The Kier molecular flexibility index (Phi) is 5.21. The maximum atomic E-state index is 12.5. The molecule has 26 heavy (non-hydrogen) atoms. The predicted octanol–water partition coefficient (Wildman–Crippen LogP) is 0.258. The number of nitro groups is 1. The minimum Gasteiger partial charge on any atom is -0.368 e. The molecule has 1 atom stereocenters. The van der Waals surface area contributed by atoms with Crippen molar-refractivity contribution in [3.05, 3.63) is 21.5 Å². The van der Waals surface area contributed by atoms with Gasteiger partial charge in [0.2, 0.25) is 5.91 Å². The first kappa shape index (κ1) is 18.3. The van der Waals surface area contributed by atoms with Crippen molar-refractivity contribution in [3.63, 3.8) is 0 Å². The van der Waals surface area contributed by atoms with Crippen molar-refractivity contribution in [1.29, 1.82) is 0 Å². The van der Waals surface area contributed by atoms with Gasteiger partial charge in [0.25, 0.3) is 5.91 Å². The summed E-state index contributed by atoms with van der Waals surface area (Å²) in [6.45, 7) is 5.57. The molecular formula is C16H23N5O5. The average Bonchev–Trinajstić information content (AvgIpc) is 3.23. The monoisotopic (exact) mass is 365 g/mol. The van der Waals surface area contributed by atoms with Crippen molar-refractivity contribution in [2.45, 2.75) is 39.3 Å². The highest BCUT2D eigenvalue weighted by Crippen LogP contribution is 2.22. The Morgan fingerprint density at radius 2 is 1.88 bits per heavy atom. The van der Waals surface area contributed by atoms with E-state index in [1.165, 1.54) is 4.68 Å². The fraction of sp³-hybridized carbons (Fsp3) is 0.688. The van der Waals surface area contributed by atoms with Gasteiger partial charge in [0.15, 0.2) is 0 Å². The smallest absolute Gasteiger partial charge is 0.312 e. The Morgan fingerprint density at radius 3 is 2.42 bits per heavy atom. The lowest BCUT2D eigenvalue weighted by molar-refractivity contribution is -0.386. The predicted molar refractivity (Wildman–Crippen MR) is 90.5 cm³/mol. The molecule has 2 amide bonds. The van der Waals surface area contributed by atoms with E-state index >= 15 is 0 Å². The number of amides is 2. The van der Waals surface area contributed by atoms with Crippen LogP contribution in [-0.4, -0.2) is 75.2 Å². The van der Waals surface area contributed by atoms with Crippen LogP contribution in [0.5, 0.6) is 0 Å². The van der Waals surface area contributed by atoms with Crippen molar-refractivity contribution in [2.24, 2.45) is 0 Å². The quantitative estimate of drug-likeness (QED) is 0.559. The lowest BCUT2D eigenvalue weighted by atomic mass is 10.2. The number of carbonyl (C=O) groups is 2. The molecule has 0 bridgehead atoms. The van der Waals surface area contributed by atoms with Gasteiger partial charge in [-0.2, -0.15) is 5.10 Å². The van der Waals surface area contributed by atoms with E-state index in [0.29, 0.717) is 44.2 Å². The second-order valence-electron chi connectivity index (χ2n) is 6.64. The van der Waals surface area contributed by atoms with E-state index in [9.17, 15) is 19.7 Å². The Morgan fingerprint density at radius 1 is 1.23 bits per heavy atom. The SMILES string of the molecule is Cc1nn(CC(=O)N2CCN(C(=O)C3CCCO3)CC2)c(C)c1[N+](=O)[O-]. The van der Waals surface area contributed by atoms with Crippen LogP contribution >= 0.6 is 0 Å². The van der Waals surface area contributed by atoms with Crippen LogP contribution in [0.2, 0.25) is 0 Å². The fourth-order valence-corrected chi connectivity index (χ4v) is 3.49. The Bertz CT molecular complexity index is 717. The molecule has 1 unspecified atom stereocenters. The zero-order chi connectivity index (χ0) is 18.8. The summed E-state index contributed by atoms with van der Waals surface area (Å²) in [5.74, 6) is -0.154. The summed E-state index contributed by atoms with van der Waals surface area (Å²) in [4.78, 5) is 38.8. The van der Waals surface area contributed by atoms with Gasteiger partial charge >= 0.3 is 5.69 Å². The Balaban J connectivity index is 1.56. The topological polar surface area (TPSA) is 111 Å². The van der Waals surface area contributed by atoms with Crippen molar-refractivity contribution >= 4 is 17.5 Å². The van der Waals surface area contributed by atoms with Gasteiger partial charge in [0.1, 0.15) is 24.0 Å². The van der Waals surface area contributed by atoms with Gasteiger partial charge in [0.05, 0.1) is 4.92 Å². The number of aromatic nitrogens is 2. The standard InChI is InChI=1S/C16H23N5O5/c1-11-15(21(24)25)12(2)20(17-11)10-14(22)18-5-7-19(8-6-18)16(23)13-4-3-9-26-13/h13H,3-10H2,1-2H3. The number of piperazine rings is 1. The van der Waals surface area contributed by atoms with Gasteiger partial charge in [0, 0.05) is 32.8 Å². The summed E-state index contributed by atoms with van der Waals surface area (Å²) >= 11 is 0. The molecule has 10 nitrogen and oxygen atoms in total. The van der Waals surface area contributed by atoms with E-state index in [4.69, 9.17) is 4.74 Å². The summed E-state index contributed by atoms with van der Waals surface area (Å²) in [6, 6.07) is 0. The van der Waals surface area contributed by atoms with Crippen LogP contribution in [0.1, 0.15) is 24.2 Å². The third kappa shape index (κ3) is 3.55. The molecule has 2 saturated heterocycles. The molecule has 1 aromatic heterocycles. The maximum Gasteiger partial charge on any atom is 0.312 e. The number of ether oxygens (including phenoxy) is 1. The van der Waals surface area contributed by atoms with Gasteiger partial charge in [-0.3, -0.25) is 24.4 Å². The number of aryl methyl sites for hydroxylation is 1. The number of hydrogen-bond donors (Lipinski definition) is 0. The molecule has 10 heteroatoms. The van der Waals surface area contributed by atoms with Gasteiger partial charge in [-0.25, -0.2) is 0 Å². The van der Waals surface area contributed by atoms with Crippen LogP contribution in [-0.2, 0) is 20.9 Å². The van der Waals surface area contributed by atoms with E-state index in [1.807, 2.05) is 0 Å². The first-order valence-electron chi connectivity index (χ1n) is 8.75. The third-order valence-electron chi connectivity index (χ3n) is 4.96. The molecule has 142 valence electrons. The first-order chi connectivity index (χ1) is 12.4. The lowest BCUT2D eigenvalue weighted by Gasteiger charge is -2.35. The van der Waals surface area contributed by atoms with Crippen molar-refractivity contribution < 1.29 is 19.2 Å². The Hall–Kier alpha value is -2.49. The summed E-state index contributed by atoms with van der Waals surface area (Å²) in [7, 11) is 0. The van der Waals surface area contributed by atoms with E-state index in [1.54, 1.807) is 23.6 Å². The molecule has 2 fully saturated rings. The molecule has 3 heterocycles. The van der Waals surface area contributed by atoms with Crippen LogP contribution in [0.3, 0.4) is 0 Å². The molecule has 1 aromatic rings. The molecule has 2 aliphatic heterocycles. The molecule has 0 saturated carbocycles. The molecule has 0 N–H and O–H groups in total. The number of rotatable bonds is 4. The Labute approximate surface area is 150 Å². The summed E-state index contributed by atoms with van der Waals surface area (Å²) in [5, 5.41) is 15.2. The van der Waals surface area contributed by atoms with E-state index in [2.05, 4.69) is 5.10 Å². The van der Waals surface area contributed by atoms with Crippen LogP contribution in [0.15, 0.2) is 0 Å². The summed E-state index contributed by atoms with van der Waals surface area (Å²) in [5.41, 5.74) is 0.616. The molecule has 3 rings (SSSR count). The molecular weight excluding hydrogens is 342 g/mol. The zero-order valence-electron chi connectivity index (χ0n) is 15.0. The van der Waals surface area contributed by atoms with Crippen LogP contribution in [0.4, 0.5) is 5.69 Å². The van der Waals surface area contributed by atoms with Crippen molar-refractivity contribution in [2.75, 3.05) is 32.8 Å². The van der Waals surface area contributed by atoms with Gasteiger partial charge < -0.3 is 14.5 Å². The molecule has 2 aliphatic rings. The second-order valence-corrected chi connectivity index (χ2v) is 6.64. The van der Waals surface area contributed by atoms with E-state index in [-0.39, 0.29) is 30.2 Å². The van der Waals surface area contributed by atoms with Crippen molar-refractivity contribution in [1.82, 2.24) is 19.6 Å². The van der Waals surface area contributed by atoms with Gasteiger partial charge in [-0.05, 0) is 26.7 Å². The minimum atomic E-state index is -0.478. The zero-order valence-corrected chi connectivity index (χ0v) is 15.0. The molecule has 0 aliphatic carbocycles. The third-order valence-corrected chi connectivity index (χ3v) is 4.96. The number of nitrogens with zero attached hydrogens (tertiary/aromatic N) is 5.